The predicted molar refractivity (Wildman–Crippen MR) is 90.0 cm³/mol. The van der Waals surface area contributed by atoms with E-state index < -0.39 is 13.1 Å². The number of rotatable bonds is 7. The van der Waals surface area contributed by atoms with Crippen LogP contribution in [0.5, 0.6) is 0 Å². The zero-order valence-corrected chi connectivity index (χ0v) is 13.5. The average molecular weight is 330 g/mol. The van der Waals surface area contributed by atoms with Gasteiger partial charge < -0.3 is 9.79 Å². The largest absolute Gasteiger partial charge is 0.391 e. The third kappa shape index (κ3) is 5.95. The molecule has 23 heavy (non-hydrogen) atoms. The lowest BCUT2D eigenvalue weighted by atomic mass is 9.97. The molecule has 2 aromatic carbocycles. The van der Waals surface area contributed by atoms with Crippen LogP contribution in [0.1, 0.15) is 17.5 Å². The van der Waals surface area contributed by atoms with Gasteiger partial charge in [0.15, 0.2) is 0 Å². The first kappa shape index (κ1) is 17.4. The molecule has 2 N–H and O–H groups in total. The van der Waals surface area contributed by atoms with Crippen molar-refractivity contribution in [3.05, 3.63) is 83.4 Å². The Morgan fingerprint density at radius 2 is 1.30 bits per heavy atom. The van der Waals surface area contributed by atoms with Gasteiger partial charge in [0.25, 0.3) is 0 Å². The van der Waals surface area contributed by atoms with E-state index in [-0.39, 0.29) is 6.42 Å². The molecule has 0 radical (unpaired) electrons. The standard InChI is InChI=1S/C18H19O4P/c19-18(23(20,21)22)12-11-17(13-15-7-3-1-4-8-15)14-16-9-5-2-6-10-16/h1-11H,12-14H2,(H2,20,21,22). The first-order valence-electron chi connectivity index (χ1n) is 7.30. The summed E-state index contributed by atoms with van der Waals surface area (Å²) in [5, 5.41) is 0. The first-order valence-corrected chi connectivity index (χ1v) is 8.91. The number of carbonyl (C=O) groups is 1. The average Bonchev–Trinajstić information content (AvgIpc) is 2.53. The minimum atomic E-state index is -4.66. The zero-order chi connectivity index (χ0) is 16.7. The highest BCUT2D eigenvalue weighted by atomic mass is 31.2. The Labute approximate surface area is 135 Å². The summed E-state index contributed by atoms with van der Waals surface area (Å²) >= 11 is 0. The van der Waals surface area contributed by atoms with E-state index in [1.807, 2.05) is 60.7 Å². The second-order valence-electron chi connectivity index (χ2n) is 5.33. The molecule has 0 atom stereocenters. The Morgan fingerprint density at radius 1 is 0.870 bits per heavy atom. The van der Waals surface area contributed by atoms with Gasteiger partial charge in [0.2, 0.25) is 5.52 Å². The van der Waals surface area contributed by atoms with E-state index in [0.29, 0.717) is 12.8 Å². The van der Waals surface area contributed by atoms with E-state index in [2.05, 4.69) is 0 Å². The Balaban J connectivity index is 2.17. The molecule has 0 aliphatic carbocycles. The quantitative estimate of drug-likeness (QED) is 0.602. The van der Waals surface area contributed by atoms with Crippen LogP contribution < -0.4 is 0 Å². The lowest BCUT2D eigenvalue weighted by Crippen LogP contribution is -2.00. The summed E-state index contributed by atoms with van der Waals surface area (Å²) < 4.78 is 11.0. The number of allylic oxidation sites excluding steroid dienone is 2. The highest BCUT2D eigenvalue weighted by Gasteiger charge is 2.23. The van der Waals surface area contributed by atoms with E-state index in [0.717, 1.165) is 16.7 Å². The summed E-state index contributed by atoms with van der Waals surface area (Å²) in [5.41, 5.74) is 2.11. The van der Waals surface area contributed by atoms with Gasteiger partial charge in [0.1, 0.15) is 0 Å². The molecule has 0 heterocycles. The van der Waals surface area contributed by atoms with E-state index in [4.69, 9.17) is 9.79 Å². The molecule has 0 spiro atoms. The third-order valence-electron chi connectivity index (χ3n) is 3.44. The second kappa shape index (κ2) is 8.02. The summed E-state index contributed by atoms with van der Waals surface area (Å²) in [6, 6.07) is 19.6. The van der Waals surface area contributed by atoms with Crippen LogP contribution in [0.2, 0.25) is 0 Å². The van der Waals surface area contributed by atoms with Crippen molar-refractivity contribution < 1.29 is 19.1 Å². The van der Waals surface area contributed by atoms with Crippen molar-refractivity contribution in [2.24, 2.45) is 0 Å². The summed E-state index contributed by atoms with van der Waals surface area (Å²) in [5.74, 6) is 0. The van der Waals surface area contributed by atoms with Crippen LogP contribution in [0.3, 0.4) is 0 Å². The van der Waals surface area contributed by atoms with Crippen LogP contribution in [0, 0.1) is 0 Å². The van der Waals surface area contributed by atoms with Gasteiger partial charge in [-0.05, 0) is 24.0 Å². The SMILES string of the molecule is O=C(CC=C(Cc1ccccc1)Cc1ccccc1)P(=O)(O)O. The molecule has 0 aliphatic rings. The van der Waals surface area contributed by atoms with Crippen LogP contribution in [0.4, 0.5) is 0 Å². The fourth-order valence-electron chi connectivity index (χ4n) is 2.27. The third-order valence-corrected chi connectivity index (χ3v) is 4.27. The summed E-state index contributed by atoms with van der Waals surface area (Å²) in [6.45, 7) is 0. The topological polar surface area (TPSA) is 74.6 Å². The minimum absolute atomic E-state index is 0.251. The number of hydrogen-bond acceptors (Lipinski definition) is 2. The van der Waals surface area contributed by atoms with Crippen molar-refractivity contribution in [1.29, 1.82) is 0 Å². The smallest absolute Gasteiger partial charge is 0.319 e. The molecule has 0 aromatic heterocycles. The van der Waals surface area contributed by atoms with E-state index in [1.165, 1.54) is 0 Å². The van der Waals surface area contributed by atoms with Crippen molar-refractivity contribution >= 4 is 13.1 Å². The van der Waals surface area contributed by atoms with E-state index in [1.54, 1.807) is 6.08 Å². The summed E-state index contributed by atoms with van der Waals surface area (Å²) in [6.07, 6.45) is 2.68. The van der Waals surface area contributed by atoms with E-state index >= 15 is 0 Å². The number of carbonyl (C=O) groups excluding carboxylic acids is 1. The lowest BCUT2D eigenvalue weighted by Gasteiger charge is -2.09. The molecule has 0 saturated heterocycles. The van der Waals surface area contributed by atoms with Crippen LogP contribution in [-0.2, 0) is 22.2 Å². The van der Waals surface area contributed by atoms with Gasteiger partial charge in [-0.2, -0.15) is 0 Å². The molecule has 0 fully saturated rings. The normalized spacial score (nSPS) is 11.0. The zero-order valence-electron chi connectivity index (χ0n) is 12.6. The molecule has 120 valence electrons. The van der Waals surface area contributed by atoms with Crippen LogP contribution >= 0.6 is 7.60 Å². The monoisotopic (exact) mass is 330 g/mol. The molecule has 2 rings (SSSR count). The number of hydrogen-bond donors (Lipinski definition) is 2. The molecule has 0 amide bonds. The highest BCUT2D eigenvalue weighted by Crippen LogP contribution is 2.37. The van der Waals surface area contributed by atoms with Gasteiger partial charge in [-0.1, -0.05) is 72.3 Å². The maximum atomic E-state index is 11.5. The lowest BCUT2D eigenvalue weighted by molar-refractivity contribution is -0.112. The molecule has 4 nitrogen and oxygen atoms in total. The molecular formula is C18H19O4P. The first-order chi connectivity index (χ1) is 10.9. The Bertz CT molecular complexity index is 674. The summed E-state index contributed by atoms with van der Waals surface area (Å²) in [7, 11) is -4.66. The Morgan fingerprint density at radius 3 is 1.70 bits per heavy atom. The van der Waals surface area contributed by atoms with Crippen molar-refractivity contribution in [1.82, 2.24) is 0 Å². The molecule has 0 saturated carbocycles. The molecule has 0 aliphatic heterocycles. The Hall–Kier alpha value is -2.00. The van der Waals surface area contributed by atoms with Gasteiger partial charge in [-0.25, -0.2) is 0 Å². The van der Waals surface area contributed by atoms with Gasteiger partial charge in [0, 0.05) is 6.42 Å². The maximum absolute atomic E-state index is 11.5. The number of benzene rings is 2. The maximum Gasteiger partial charge on any atom is 0.391 e. The molecule has 0 bridgehead atoms. The van der Waals surface area contributed by atoms with Gasteiger partial charge >= 0.3 is 7.60 Å². The highest BCUT2D eigenvalue weighted by molar-refractivity contribution is 7.70. The molecule has 5 heteroatoms. The second-order valence-corrected chi connectivity index (χ2v) is 6.92. The van der Waals surface area contributed by atoms with Crippen LogP contribution in [0.15, 0.2) is 72.3 Å². The fraction of sp³-hybridized carbons (Fsp3) is 0.167. The fourth-order valence-corrected chi connectivity index (χ4v) is 2.60. The van der Waals surface area contributed by atoms with Gasteiger partial charge in [-0.15, -0.1) is 0 Å². The van der Waals surface area contributed by atoms with E-state index in [9.17, 15) is 9.36 Å². The molecular weight excluding hydrogens is 311 g/mol. The Kier molecular flexibility index (Phi) is 6.05. The molecule has 2 aromatic rings. The van der Waals surface area contributed by atoms with Crippen molar-refractivity contribution in [3.8, 4) is 0 Å². The van der Waals surface area contributed by atoms with Gasteiger partial charge in [-0.3, -0.25) is 9.36 Å². The minimum Gasteiger partial charge on any atom is -0.319 e. The molecule has 0 unspecified atom stereocenters. The van der Waals surface area contributed by atoms with Crippen LogP contribution in [0.25, 0.3) is 0 Å². The predicted octanol–water partition coefficient (Wildman–Crippen LogP) is 3.49. The van der Waals surface area contributed by atoms with Crippen LogP contribution in [-0.4, -0.2) is 15.3 Å². The van der Waals surface area contributed by atoms with Crippen molar-refractivity contribution in [2.75, 3.05) is 0 Å². The van der Waals surface area contributed by atoms with Crippen molar-refractivity contribution in [3.63, 3.8) is 0 Å². The van der Waals surface area contributed by atoms with Crippen molar-refractivity contribution in [2.45, 2.75) is 19.3 Å². The summed E-state index contributed by atoms with van der Waals surface area (Å²) in [4.78, 5) is 29.3. The van der Waals surface area contributed by atoms with Gasteiger partial charge in [0.05, 0.1) is 0 Å².